The van der Waals surface area contributed by atoms with Crippen molar-refractivity contribution in [2.45, 2.75) is 17.9 Å². The summed E-state index contributed by atoms with van der Waals surface area (Å²) < 4.78 is 11.0. The predicted octanol–water partition coefficient (Wildman–Crippen LogP) is 5.47. The minimum absolute atomic E-state index is 0.538. The van der Waals surface area contributed by atoms with Crippen LogP contribution >= 0.6 is 23.1 Å². The molecule has 0 saturated heterocycles. The van der Waals surface area contributed by atoms with Crippen LogP contribution in [0.15, 0.2) is 63.6 Å². The van der Waals surface area contributed by atoms with Gasteiger partial charge in [-0.2, -0.15) is 0 Å². The number of hydrogen-bond donors (Lipinski definition) is 0. The molecule has 0 saturated carbocycles. The van der Waals surface area contributed by atoms with E-state index in [9.17, 15) is 0 Å². The molecule has 0 radical (unpaired) electrons. The standard InChI is InChI=1S/C20H17N3O2S2/c1-13-5-3-6-14(9-13)18-22-23-20(25-18)27-12-16-11-26-19(21-16)15-7-4-8-17(10-15)24-2/h3-11H,12H2,1-2H3. The molecule has 2 heterocycles. The van der Waals surface area contributed by atoms with Crippen molar-refractivity contribution in [2.75, 3.05) is 7.11 Å². The van der Waals surface area contributed by atoms with E-state index in [2.05, 4.69) is 15.6 Å². The van der Waals surface area contributed by atoms with Crippen LogP contribution in [-0.2, 0) is 5.75 Å². The number of nitrogens with zero attached hydrogens (tertiary/aromatic N) is 3. The fourth-order valence-electron chi connectivity index (χ4n) is 2.56. The van der Waals surface area contributed by atoms with E-state index in [0.29, 0.717) is 16.9 Å². The molecule has 0 aliphatic heterocycles. The maximum absolute atomic E-state index is 5.77. The number of benzene rings is 2. The normalized spacial score (nSPS) is 10.9. The SMILES string of the molecule is COc1cccc(-c2nc(CSc3nnc(-c4cccc(C)c4)o3)cs2)c1. The molecule has 0 aliphatic carbocycles. The first-order chi connectivity index (χ1) is 13.2. The summed E-state index contributed by atoms with van der Waals surface area (Å²) in [5.74, 6) is 2.04. The van der Waals surface area contributed by atoms with E-state index in [1.54, 1.807) is 18.4 Å². The monoisotopic (exact) mass is 395 g/mol. The molecule has 4 rings (SSSR count). The third-order valence-electron chi connectivity index (χ3n) is 3.88. The quantitative estimate of drug-likeness (QED) is 0.404. The minimum Gasteiger partial charge on any atom is -0.497 e. The lowest BCUT2D eigenvalue weighted by Gasteiger charge is -2.01. The predicted molar refractivity (Wildman–Crippen MR) is 108 cm³/mol. The van der Waals surface area contributed by atoms with Crippen molar-refractivity contribution < 1.29 is 9.15 Å². The second-order valence-electron chi connectivity index (χ2n) is 5.91. The van der Waals surface area contributed by atoms with Gasteiger partial charge in [0.05, 0.1) is 12.8 Å². The molecule has 4 aromatic rings. The van der Waals surface area contributed by atoms with Gasteiger partial charge in [0.2, 0.25) is 5.89 Å². The van der Waals surface area contributed by atoms with Gasteiger partial charge in [-0.3, -0.25) is 0 Å². The number of hydrogen-bond acceptors (Lipinski definition) is 7. The van der Waals surface area contributed by atoms with Gasteiger partial charge in [0.15, 0.2) is 0 Å². The van der Waals surface area contributed by atoms with Crippen molar-refractivity contribution in [3.8, 4) is 27.8 Å². The van der Waals surface area contributed by atoms with Crippen LogP contribution in [-0.4, -0.2) is 22.3 Å². The minimum atomic E-state index is 0.538. The first-order valence-electron chi connectivity index (χ1n) is 8.33. The lowest BCUT2D eigenvalue weighted by molar-refractivity contribution is 0.415. The van der Waals surface area contributed by atoms with Crippen molar-refractivity contribution in [3.63, 3.8) is 0 Å². The number of thiazole rings is 1. The van der Waals surface area contributed by atoms with Gasteiger partial charge >= 0.3 is 0 Å². The number of rotatable bonds is 6. The van der Waals surface area contributed by atoms with E-state index in [1.807, 2.05) is 55.5 Å². The molecule has 2 aromatic carbocycles. The summed E-state index contributed by atoms with van der Waals surface area (Å²) in [6.45, 7) is 2.04. The molecule has 2 aromatic heterocycles. The number of aromatic nitrogens is 3. The summed E-state index contributed by atoms with van der Waals surface area (Å²) in [6.07, 6.45) is 0. The highest BCUT2D eigenvalue weighted by Gasteiger charge is 2.11. The Bertz CT molecular complexity index is 1060. The van der Waals surface area contributed by atoms with E-state index in [4.69, 9.17) is 14.1 Å². The fourth-order valence-corrected chi connectivity index (χ4v) is 4.14. The van der Waals surface area contributed by atoms with Crippen molar-refractivity contribution in [1.82, 2.24) is 15.2 Å². The van der Waals surface area contributed by atoms with Crippen LogP contribution in [0.5, 0.6) is 5.75 Å². The number of thioether (sulfide) groups is 1. The zero-order valence-electron chi connectivity index (χ0n) is 14.9. The van der Waals surface area contributed by atoms with Crippen molar-refractivity contribution in [3.05, 3.63) is 65.2 Å². The molecule has 0 amide bonds. The molecule has 136 valence electrons. The smallest absolute Gasteiger partial charge is 0.277 e. The molecular weight excluding hydrogens is 378 g/mol. The summed E-state index contributed by atoms with van der Waals surface area (Å²) in [6, 6.07) is 15.9. The molecule has 0 fully saturated rings. The highest BCUT2D eigenvalue weighted by atomic mass is 32.2. The third-order valence-corrected chi connectivity index (χ3v) is 5.68. The van der Waals surface area contributed by atoms with Crippen LogP contribution in [0.3, 0.4) is 0 Å². The Morgan fingerprint density at radius 2 is 1.93 bits per heavy atom. The van der Waals surface area contributed by atoms with Crippen LogP contribution in [0.2, 0.25) is 0 Å². The Hall–Kier alpha value is -2.64. The zero-order valence-corrected chi connectivity index (χ0v) is 16.5. The molecule has 0 unspecified atom stereocenters. The summed E-state index contributed by atoms with van der Waals surface area (Å²) in [5.41, 5.74) is 4.13. The zero-order chi connectivity index (χ0) is 18.6. The Kier molecular flexibility index (Phi) is 5.22. The summed E-state index contributed by atoms with van der Waals surface area (Å²) in [5, 5.41) is 11.8. The number of ether oxygens (including phenoxy) is 1. The number of aryl methyl sites for hydroxylation is 1. The van der Waals surface area contributed by atoms with Crippen LogP contribution in [0.1, 0.15) is 11.3 Å². The van der Waals surface area contributed by atoms with Crippen LogP contribution in [0, 0.1) is 6.92 Å². The molecule has 0 N–H and O–H groups in total. The second-order valence-corrected chi connectivity index (χ2v) is 7.69. The van der Waals surface area contributed by atoms with Gasteiger partial charge in [0.25, 0.3) is 5.22 Å². The lowest BCUT2D eigenvalue weighted by Crippen LogP contribution is -1.85. The van der Waals surface area contributed by atoms with Crippen LogP contribution in [0.4, 0.5) is 0 Å². The van der Waals surface area contributed by atoms with E-state index in [0.717, 1.165) is 33.1 Å². The highest BCUT2D eigenvalue weighted by Crippen LogP contribution is 2.30. The van der Waals surface area contributed by atoms with Crippen molar-refractivity contribution in [2.24, 2.45) is 0 Å². The van der Waals surface area contributed by atoms with E-state index >= 15 is 0 Å². The third kappa shape index (κ3) is 4.20. The van der Waals surface area contributed by atoms with Crippen molar-refractivity contribution >= 4 is 23.1 Å². The van der Waals surface area contributed by atoms with Gasteiger partial charge < -0.3 is 9.15 Å². The molecule has 27 heavy (non-hydrogen) atoms. The first-order valence-corrected chi connectivity index (χ1v) is 10.2. The van der Waals surface area contributed by atoms with Gasteiger partial charge in [0, 0.05) is 22.3 Å². The maximum atomic E-state index is 5.77. The topological polar surface area (TPSA) is 61.0 Å². The van der Waals surface area contributed by atoms with Crippen molar-refractivity contribution in [1.29, 1.82) is 0 Å². The second kappa shape index (κ2) is 7.94. The van der Waals surface area contributed by atoms with Crippen LogP contribution in [0.25, 0.3) is 22.0 Å². The lowest BCUT2D eigenvalue weighted by atomic mass is 10.1. The van der Waals surface area contributed by atoms with Gasteiger partial charge in [-0.15, -0.1) is 21.5 Å². The Morgan fingerprint density at radius 1 is 1.07 bits per heavy atom. The van der Waals surface area contributed by atoms with Gasteiger partial charge in [-0.1, -0.05) is 41.6 Å². The largest absolute Gasteiger partial charge is 0.497 e. The van der Waals surface area contributed by atoms with Gasteiger partial charge in [0.1, 0.15) is 10.8 Å². The molecule has 0 spiro atoms. The Balaban J connectivity index is 1.43. The van der Waals surface area contributed by atoms with E-state index in [1.165, 1.54) is 11.8 Å². The molecular formula is C20H17N3O2S2. The number of methoxy groups -OCH3 is 1. The maximum Gasteiger partial charge on any atom is 0.277 e. The molecule has 0 atom stereocenters. The Labute approximate surface area is 165 Å². The first kappa shape index (κ1) is 17.8. The molecule has 7 heteroatoms. The average Bonchev–Trinajstić information content (AvgIpc) is 3.36. The van der Waals surface area contributed by atoms with Gasteiger partial charge in [-0.25, -0.2) is 4.98 Å². The van der Waals surface area contributed by atoms with E-state index in [-0.39, 0.29) is 0 Å². The summed E-state index contributed by atoms with van der Waals surface area (Å²) >= 11 is 3.10. The summed E-state index contributed by atoms with van der Waals surface area (Å²) in [7, 11) is 1.67. The van der Waals surface area contributed by atoms with E-state index < -0.39 is 0 Å². The van der Waals surface area contributed by atoms with Gasteiger partial charge in [-0.05, 0) is 31.2 Å². The summed E-state index contributed by atoms with van der Waals surface area (Å²) in [4.78, 5) is 4.70. The molecule has 5 nitrogen and oxygen atoms in total. The Morgan fingerprint density at radius 3 is 2.78 bits per heavy atom. The fraction of sp³-hybridized carbons (Fsp3) is 0.150. The highest BCUT2D eigenvalue weighted by molar-refractivity contribution is 7.98. The molecule has 0 bridgehead atoms. The average molecular weight is 396 g/mol. The van der Waals surface area contributed by atoms with Crippen LogP contribution < -0.4 is 4.74 Å². The molecule has 0 aliphatic rings.